The highest BCUT2D eigenvalue weighted by Crippen LogP contribution is 2.30. The number of ether oxygens (including phenoxy) is 2. The molecule has 0 fully saturated rings. The minimum atomic E-state index is -1.14. The quantitative estimate of drug-likeness (QED) is 0.280. The maximum atomic E-state index is 13.3. The molecule has 2 N–H and O–H groups in total. The molecule has 6 nitrogen and oxygen atoms in total. The second-order valence-corrected chi connectivity index (χ2v) is 7.96. The third-order valence-electron chi connectivity index (χ3n) is 5.43. The lowest BCUT2D eigenvalue weighted by Crippen LogP contribution is -2.16. The largest absolute Gasteiger partial charge is 0.494 e. The van der Waals surface area contributed by atoms with Gasteiger partial charge >= 0.3 is 5.97 Å². The van der Waals surface area contributed by atoms with E-state index in [0.717, 1.165) is 16.7 Å². The molecule has 0 unspecified atom stereocenters. The number of aromatic carboxylic acids is 1. The second kappa shape index (κ2) is 11.8. The summed E-state index contributed by atoms with van der Waals surface area (Å²) in [5.41, 5.74) is 3.03. The van der Waals surface area contributed by atoms with Crippen molar-refractivity contribution in [3.05, 3.63) is 114 Å². The first-order chi connectivity index (χ1) is 17.5. The van der Waals surface area contributed by atoms with E-state index in [1.807, 2.05) is 60.7 Å². The van der Waals surface area contributed by atoms with E-state index in [0.29, 0.717) is 24.4 Å². The predicted octanol–water partition coefficient (Wildman–Crippen LogP) is 5.85. The van der Waals surface area contributed by atoms with Crippen molar-refractivity contribution in [3.63, 3.8) is 0 Å². The van der Waals surface area contributed by atoms with Gasteiger partial charge in [0, 0.05) is 6.07 Å². The Morgan fingerprint density at radius 3 is 2.17 bits per heavy atom. The molecule has 4 aromatic rings. The standard InChI is InChI=1S/C29H24BNO5/c30-15-16-35-23-12-14-25(27(18-23)36-19-20-7-3-1-4-8-20)28(32)31-26-17-22(11-13-24(26)29(33)34)21-9-5-2-6-10-21/h1-14,17-18H,15-16,19H2,(H,31,32)(H,33,34). The highest BCUT2D eigenvalue weighted by molar-refractivity contribution is 6.10. The molecule has 1 amide bonds. The van der Waals surface area contributed by atoms with Crippen molar-refractivity contribution in [2.24, 2.45) is 0 Å². The summed E-state index contributed by atoms with van der Waals surface area (Å²) in [6.45, 7) is 0.559. The third-order valence-corrected chi connectivity index (χ3v) is 5.43. The van der Waals surface area contributed by atoms with Crippen molar-refractivity contribution >= 4 is 25.4 Å². The molecule has 0 aromatic heterocycles. The summed E-state index contributed by atoms with van der Waals surface area (Å²) in [5, 5.41) is 12.5. The number of rotatable bonds is 10. The molecule has 4 aromatic carbocycles. The molecule has 4 rings (SSSR count). The molecule has 7 heteroatoms. The molecule has 36 heavy (non-hydrogen) atoms. The van der Waals surface area contributed by atoms with Gasteiger partial charge in [-0.05, 0) is 41.0 Å². The fourth-order valence-electron chi connectivity index (χ4n) is 3.65. The topological polar surface area (TPSA) is 84.9 Å². The number of hydrogen-bond acceptors (Lipinski definition) is 4. The van der Waals surface area contributed by atoms with Gasteiger partial charge in [-0.3, -0.25) is 4.79 Å². The van der Waals surface area contributed by atoms with Crippen molar-refractivity contribution in [1.82, 2.24) is 0 Å². The van der Waals surface area contributed by atoms with Gasteiger partial charge in [-0.1, -0.05) is 73.1 Å². The average Bonchev–Trinajstić information content (AvgIpc) is 2.91. The fraction of sp³-hybridized carbons (Fsp3) is 0.103. The van der Waals surface area contributed by atoms with Crippen LogP contribution in [0.25, 0.3) is 11.1 Å². The maximum absolute atomic E-state index is 13.3. The molecular weight excluding hydrogens is 453 g/mol. The number of carbonyl (C=O) groups excluding carboxylic acids is 1. The fourth-order valence-corrected chi connectivity index (χ4v) is 3.65. The molecule has 0 bridgehead atoms. The monoisotopic (exact) mass is 477 g/mol. The first-order valence-electron chi connectivity index (χ1n) is 11.4. The molecule has 0 aliphatic carbocycles. The smallest absolute Gasteiger partial charge is 0.337 e. The summed E-state index contributed by atoms with van der Waals surface area (Å²) in [7, 11) is 5.54. The lowest BCUT2D eigenvalue weighted by molar-refractivity contribution is 0.0698. The Hall–Kier alpha value is -4.52. The van der Waals surface area contributed by atoms with Gasteiger partial charge in [0.1, 0.15) is 18.1 Å². The Morgan fingerprint density at radius 2 is 1.47 bits per heavy atom. The zero-order valence-electron chi connectivity index (χ0n) is 19.5. The Labute approximate surface area is 210 Å². The lowest BCUT2D eigenvalue weighted by atomic mass is 10.0. The zero-order valence-corrected chi connectivity index (χ0v) is 19.5. The van der Waals surface area contributed by atoms with Crippen LogP contribution in [-0.2, 0) is 6.61 Å². The van der Waals surface area contributed by atoms with E-state index in [4.69, 9.17) is 17.3 Å². The highest BCUT2D eigenvalue weighted by Gasteiger charge is 2.19. The van der Waals surface area contributed by atoms with E-state index in [1.54, 1.807) is 30.3 Å². The molecule has 0 spiro atoms. The normalized spacial score (nSPS) is 10.4. The zero-order chi connectivity index (χ0) is 25.3. The number of amides is 1. The van der Waals surface area contributed by atoms with Crippen molar-refractivity contribution < 1.29 is 24.2 Å². The highest BCUT2D eigenvalue weighted by atomic mass is 16.5. The van der Waals surface area contributed by atoms with Gasteiger partial charge in [0.15, 0.2) is 0 Å². The summed E-state index contributed by atoms with van der Waals surface area (Å²) >= 11 is 0. The van der Waals surface area contributed by atoms with Gasteiger partial charge in [0.25, 0.3) is 5.91 Å². The Kier molecular flexibility index (Phi) is 8.03. The van der Waals surface area contributed by atoms with E-state index in [2.05, 4.69) is 5.32 Å². The van der Waals surface area contributed by atoms with Crippen LogP contribution in [0.15, 0.2) is 97.1 Å². The van der Waals surface area contributed by atoms with Crippen molar-refractivity contribution in [2.45, 2.75) is 12.9 Å². The van der Waals surface area contributed by atoms with Crippen LogP contribution in [0, 0.1) is 0 Å². The predicted molar refractivity (Wildman–Crippen MR) is 140 cm³/mol. The van der Waals surface area contributed by atoms with E-state index in [9.17, 15) is 14.7 Å². The average molecular weight is 477 g/mol. The van der Waals surface area contributed by atoms with Gasteiger partial charge in [0.2, 0.25) is 0 Å². The Balaban J connectivity index is 1.64. The van der Waals surface area contributed by atoms with Crippen LogP contribution < -0.4 is 14.8 Å². The van der Waals surface area contributed by atoms with E-state index >= 15 is 0 Å². The summed E-state index contributed by atoms with van der Waals surface area (Å²) in [6.07, 6.45) is 0.345. The molecule has 0 heterocycles. The number of hydrogen-bond donors (Lipinski definition) is 2. The molecule has 0 atom stereocenters. The van der Waals surface area contributed by atoms with Gasteiger partial charge in [-0.25, -0.2) is 4.79 Å². The minimum absolute atomic E-state index is 0.0160. The van der Waals surface area contributed by atoms with E-state index in [1.165, 1.54) is 6.07 Å². The number of carboxylic acids is 1. The van der Waals surface area contributed by atoms with Gasteiger partial charge in [-0.15, -0.1) is 0 Å². The number of nitrogens with one attached hydrogen (secondary N) is 1. The Bertz CT molecular complexity index is 1340. The van der Waals surface area contributed by atoms with Crippen LogP contribution in [0.2, 0.25) is 6.32 Å². The molecule has 0 saturated heterocycles. The van der Waals surface area contributed by atoms with Crippen LogP contribution in [0.4, 0.5) is 5.69 Å². The van der Waals surface area contributed by atoms with Crippen LogP contribution in [0.1, 0.15) is 26.3 Å². The van der Waals surface area contributed by atoms with E-state index in [-0.39, 0.29) is 23.4 Å². The molecule has 0 aliphatic rings. The summed E-state index contributed by atoms with van der Waals surface area (Å²) in [6, 6.07) is 28.8. The van der Waals surface area contributed by atoms with Gasteiger partial charge in [-0.2, -0.15) is 0 Å². The molecule has 0 aliphatic heterocycles. The molecular formula is C29H24BNO5. The Morgan fingerprint density at radius 1 is 0.778 bits per heavy atom. The van der Waals surface area contributed by atoms with Crippen LogP contribution in [0.5, 0.6) is 11.5 Å². The second-order valence-electron chi connectivity index (χ2n) is 7.96. The minimum Gasteiger partial charge on any atom is -0.494 e. The maximum Gasteiger partial charge on any atom is 0.337 e. The number of anilines is 1. The van der Waals surface area contributed by atoms with Gasteiger partial charge < -0.3 is 19.9 Å². The number of benzene rings is 4. The van der Waals surface area contributed by atoms with Crippen LogP contribution in [0.3, 0.4) is 0 Å². The van der Waals surface area contributed by atoms with Crippen molar-refractivity contribution in [2.75, 3.05) is 11.9 Å². The van der Waals surface area contributed by atoms with Gasteiger partial charge in [0.05, 0.1) is 31.3 Å². The first kappa shape index (κ1) is 24.6. The summed E-state index contributed by atoms with van der Waals surface area (Å²) < 4.78 is 11.6. The van der Waals surface area contributed by atoms with Crippen molar-refractivity contribution in [3.8, 4) is 22.6 Å². The van der Waals surface area contributed by atoms with Crippen molar-refractivity contribution in [1.29, 1.82) is 0 Å². The van der Waals surface area contributed by atoms with Crippen LogP contribution in [-0.4, -0.2) is 31.4 Å². The summed E-state index contributed by atoms with van der Waals surface area (Å²) in [5.74, 6) is -0.827. The number of carboxylic acid groups (broad SMARTS) is 1. The number of carbonyl (C=O) groups is 2. The third kappa shape index (κ3) is 6.13. The summed E-state index contributed by atoms with van der Waals surface area (Å²) in [4.78, 5) is 25.2. The molecule has 2 radical (unpaired) electrons. The lowest BCUT2D eigenvalue weighted by Gasteiger charge is -2.15. The SMILES string of the molecule is [B]CCOc1ccc(C(=O)Nc2cc(-c3ccccc3)ccc2C(=O)O)c(OCc2ccccc2)c1. The molecule has 178 valence electrons. The molecule has 0 saturated carbocycles. The first-order valence-corrected chi connectivity index (χ1v) is 11.4. The van der Waals surface area contributed by atoms with E-state index < -0.39 is 11.9 Å². The van der Waals surface area contributed by atoms with Crippen LogP contribution >= 0.6 is 0 Å².